The fraction of sp³-hybridized carbons (Fsp3) is 0.500. The fourth-order valence-electron chi connectivity index (χ4n) is 1.12. The highest BCUT2D eigenvalue weighted by molar-refractivity contribution is 5.90. The number of rotatable bonds is 4. The number of hydrogen-bond donors (Lipinski definition) is 1. The third kappa shape index (κ3) is 3.88. The summed E-state index contributed by atoms with van der Waals surface area (Å²) in [6, 6.07) is 3.07. The monoisotopic (exact) mass is 223 g/mol. The van der Waals surface area contributed by atoms with Crippen molar-refractivity contribution in [3.63, 3.8) is 0 Å². The average molecular weight is 223 g/mol. The summed E-state index contributed by atoms with van der Waals surface area (Å²) in [4.78, 5) is 14.8. The van der Waals surface area contributed by atoms with Crippen molar-refractivity contribution in [1.82, 2.24) is 4.98 Å². The van der Waals surface area contributed by atoms with Gasteiger partial charge in [-0.3, -0.25) is 0 Å². The minimum atomic E-state index is -1.01. The van der Waals surface area contributed by atoms with Crippen LogP contribution in [0.15, 0.2) is 18.3 Å². The van der Waals surface area contributed by atoms with Gasteiger partial charge in [0.15, 0.2) is 0 Å². The molecule has 1 aromatic rings. The van der Waals surface area contributed by atoms with Crippen molar-refractivity contribution in [2.75, 3.05) is 6.61 Å². The predicted octanol–water partition coefficient (Wildman–Crippen LogP) is 2.59. The number of ether oxygens (including phenoxy) is 1. The van der Waals surface area contributed by atoms with Gasteiger partial charge in [-0.1, -0.05) is 20.8 Å². The average Bonchev–Trinajstić information content (AvgIpc) is 2.16. The molecule has 1 aromatic heterocycles. The van der Waals surface area contributed by atoms with Gasteiger partial charge in [0.1, 0.15) is 5.56 Å². The number of aromatic nitrogens is 1. The first kappa shape index (κ1) is 12.5. The minimum Gasteiger partial charge on any atom is -0.477 e. The van der Waals surface area contributed by atoms with Crippen molar-refractivity contribution >= 4 is 5.97 Å². The number of carboxylic acid groups (broad SMARTS) is 1. The molecule has 4 nitrogen and oxygen atoms in total. The lowest BCUT2D eigenvalue weighted by Crippen LogP contribution is -2.13. The van der Waals surface area contributed by atoms with E-state index in [0.717, 1.165) is 6.42 Å². The van der Waals surface area contributed by atoms with Crippen molar-refractivity contribution in [2.24, 2.45) is 5.41 Å². The molecule has 0 spiro atoms. The molecule has 0 saturated heterocycles. The summed E-state index contributed by atoms with van der Waals surface area (Å²) in [5.41, 5.74) is 0.273. The Morgan fingerprint density at radius 3 is 2.75 bits per heavy atom. The maximum absolute atomic E-state index is 10.9. The third-order valence-electron chi connectivity index (χ3n) is 2.09. The number of carboxylic acids is 1. The smallest absolute Gasteiger partial charge is 0.341 e. The fourth-order valence-corrected chi connectivity index (χ4v) is 1.12. The van der Waals surface area contributed by atoms with Gasteiger partial charge in [0.2, 0.25) is 5.88 Å². The topological polar surface area (TPSA) is 59.4 Å². The highest BCUT2D eigenvalue weighted by atomic mass is 16.5. The molecule has 0 fully saturated rings. The van der Waals surface area contributed by atoms with Crippen molar-refractivity contribution in [2.45, 2.75) is 27.2 Å². The molecular weight excluding hydrogens is 206 g/mol. The van der Waals surface area contributed by atoms with E-state index in [2.05, 4.69) is 25.8 Å². The lowest BCUT2D eigenvalue weighted by Gasteiger charge is -2.18. The predicted molar refractivity (Wildman–Crippen MR) is 60.8 cm³/mol. The molecule has 1 N–H and O–H groups in total. The Hall–Kier alpha value is -1.58. The number of pyridine rings is 1. The summed E-state index contributed by atoms with van der Waals surface area (Å²) in [6.45, 7) is 6.79. The third-order valence-corrected chi connectivity index (χ3v) is 2.09. The summed E-state index contributed by atoms with van der Waals surface area (Å²) in [5, 5.41) is 8.90. The molecule has 1 rings (SSSR count). The highest BCUT2D eigenvalue weighted by Gasteiger charge is 2.14. The van der Waals surface area contributed by atoms with Crippen LogP contribution in [-0.4, -0.2) is 22.7 Å². The Morgan fingerprint density at radius 1 is 1.50 bits per heavy atom. The van der Waals surface area contributed by atoms with Gasteiger partial charge in [-0.05, 0) is 24.0 Å². The molecule has 0 radical (unpaired) electrons. The molecule has 0 atom stereocenters. The number of carbonyl (C=O) groups is 1. The molecule has 0 aliphatic heterocycles. The zero-order chi connectivity index (χ0) is 12.2. The number of hydrogen-bond acceptors (Lipinski definition) is 3. The van der Waals surface area contributed by atoms with Crippen molar-refractivity contribution in [1.29, 1.82) is 0 Å². The van der Waals surface area contributed by atoms with Crippen LogP contribution in [-0.2, 0) is 0 Å². The first-order valence-corrected chi connectivity index (χ1v) is 5.21. The van der Waals surface area contributed by atoms with E-state index in [1.165, 1.54) is 12.3 Å². The van der Waals surface area contributed by atoms with E-state index >= 15 is 0 Å². The van der Waals surface area contributed by atoms with Crippen LogP contribution in [0.4, 0.5) is 0 Å². The quantitative estimate of drug-likeness (QED) is 0.852. The SMILES string of the molecule is CC(C)(C)CCOc1ncccc1C(=O)O. The van der Waals surface area contributed by atoms with Gasteiger partial charge in [-0.15, -0.1) is 0 Å². The van der Waals surface area contributed by atoms with Crippen LogP contribution in [0.25, 0.3) is 0 Å². The molecule has 1 heterocycles. The Balaban J connectivity index is 2.64. The maximum Gasteiger partial charge on any atom is 0.341 e. The van der Waals surface area contributed by atoms with E-state index < -0.39 is 5.97 Å². The molecule has 0 unspecified atom stereocenters. The minimum absolute atomic E-state index is 0.108. The lowest BCUT2D eigenvalue weighted by molar-refractivity contribution is 0.0690. The van der Waals surface area contributed by atoms with Gasteiger partial charge in [0.05, 0.1) is 6.61 Å². The van der Waals surface area contributed by atoms with Crippen molar-refractivity contribution in [3.8, 4) is 5.88 Å². The molecule has 4 heteroatoms. The van der Waals surface area contributed by atoms with E-state index in [-0.39, 0.29) is 16.9 Å². The molecule has 0 aliphatic rings. The Morgan fingerprint density at radius 2 is 2.19 bits per heavy atom. The molecule has 0 aliphatic carbocycles. The Bertz CT molecular complexity index is 369. The molecule has 0 aromatic carbocycles. The van der Waals surface area contributed by atoms with Gasteiger partial charge >= 0.3 is 5.97 Å². The summed E-state index contributed by atoms with van der Waals surface area (Å²) in [7, 11) is 0. The van der Waals surface area contributed by atoms with Gasteiger partial charge < -0.3 is 9.84 Å². The first-order valence-electron chi connectivity index (χ1n) is 5.21. The number of aromatic carboxylic acids is 1. The summed E-state index contributed by atoms with van der Waals surface area (Å²) in [5.74, 6) is -0.821. The lowest BCUT2D eigenvalue weighted by atomic mass is 9.93. The highest BCUT2D eigenvalue weighted by Crippen LogP contribution is 2.20. The van der Waals surface area contributed by atoms with Crippen LogP contribution in [0.1, 0.15) is 37.6 Å². The Labute approximate surface area is 95.3 Å². The van der Waals surface area contributed by atoms with E-state index in [1.54, 1.807) is 6.07 Å². The molecule has 88 valence electrons. The standard InChI is InChI=1S/C12H17NO3/c1-12(2,3)6-8-16-10-9(11(14)15)5-4-7-13-10/h4-5,7H,6,8H2,1-3H3,(H,14,15). The van der Waals surface area contributed by atoms with Crippen LogP contribution in [0.3, 0.4) is 0 Å². The molecular formula is C12H17NO3. The van der Waals surface area contributed by atoms with Crippen LogP contribution >= 0.6 is 0 Å². The summed E-state index contributed by atoms with van der Waals surface area (Å²) >= 11 is 0. The zero-order valence-electron chi connectivity index (χ0n) is 9.86. The largest absolute Gasteiger partial charge is 0.477 e. The van der Waals surface area contributed by atoms with E-state index in [0.29, 0.717) is 6.61 Å². The molecule has 0 amide bonds. The second-order valence-electron chi connectivity index (χ2n) is 4.82. The first-order chi connectivity index (χ1) is 7.40. The van der Waals surface area contributed by atoms with Crippen molar-refractivity contribution < 1.29 is 14.6 Å². The molecule has 0 saturated carbocycles. The second kappa shape index (κ2) is 4.96. The van der Waals surface area contributed by atoms with Gasteiger partial charge in [-0.25, -0.2) is 9.78 Å². The number of nitrogens with zero attached hydrogens (tertiary/aromatic N) is 1. The van der Waals surface area contributed by atoms with Crippen LogP contribution in [0, 0.1) is 5.41 Å². The summed E-state index contributed by atoms with van der Waals surface area (Å²) < 4.78 is 5.38. The van der Waals surface area contributed by atoms with E-state index in [1.807, 2.05) is 0 Å². The summed E-state index contributed by atoms with van der Waals surface area (Å²) in [6.07, 6.45) is 2.38. The van der Waals surface area contributed by atoms with Crippen molar-refractivity contribution in [3.05, 3.63) is 23.9 Å². The van der Waals surface area contributed by atoms with E-state index in [9.17, 15) is 4.79 Å². The molecule has 16 heavy (non-hydrogen) atoms. The van der Waals surface area contributed by atoms with Gasteiger partial charge in [-0.2, -0.15) is 0 Å². The van der Waals surface area contributed by atoms with Gasteiger partial charge in [0, 0.05) is 6.20 Å². The second-order valence-corrected chi connectivity index (χ2v) is 4.82. The Kier molecular flexibility index (Phi) is 3.88. The van der Waals surface area contributed by atoms with Crippen LogP contribution < -0.4 is 4.74 Å². The zero-order valence-corrected chi connectivity index (χ0v) is 9.86. The van der Waals surface area contributed by atoms with Crippen LogP contribution in [0.2, 0.25) is 0 Å². The van der Waals surface area contributed by atoms with Gasteiger partial charge in [0.25, 0.3) is 0 Å². The molecule has 0 bridgehead atoms. The van der Waals surface area contributed by atoms with E-state index in [4.69, 9.17) is 9.84 Å². The maximum atomic E-state index is 10.9. The van der Waals surface area contributed by atoms with Crippen LogP contribution in [0.5, 0.6) is 5.88 Å². The normalized spacial score (nSPS) is 11.2.